The van der Waals surface area contributed by atoms with Gasteiger partial charge in [-0.3, -0.25) is 0 Å². The molecule has 0 aliphatic carbocycles. The van der Waals surface area contributed by atoms with Gasteiger partial charge in [-0.15, -0.1) is 0 Å². The lowest BCUT2D eigenvalue weighted by Gasteiger charge is -2.27. The van der Waals surface area contributed by atoms with Crippen molar-refractivity contribution in [1.82, 2.24) is 9.55 Å². The number of aromatic nitrogens is 2. The second kappa shape index (κ2) is 11.9. The van der Waals surface area contributed by atoms with Crippen LogP contribution in [-0.4, -0.2) is 9.55 Å². The fourth-order valence-corrected chi connectivity index (χ4v) is 8.72. The normalized spacial score (nSPS) is 11.9. The van der Waals surface area contributed by atoms with E-state index in [0.29, 0.717) is 11.5 Å². The van der Waals surface area contributed by atoms with E-state index in [-0.39, 0.29) is 0 Å². The first-order valence-electron chi connectivity index (χ1n) is 18.9. The molecule has 12 rings (SSSR count). The van der Waals surface area contributed by atoms with Gasteiger partial charge in [-0.25, -0.2) is 4.98 Å². The summed E-state index contributed by atoms with van der Waals surface area (Å²) in [6.45, 7) is 0. The van der Waals surface area contributed by atoms with Crippen LogP contribution in [0.2, 0.25) is 0 Å². The van der Waals surface area contributed by atoms with E-state index in [2.05, 4.69) is 179 Å². The summed E-state index contributed by atoms with van der Waals surface area (Å²) in [5.41, 5.74) is 10.3. The topological polar surface area (TPSA) is 47.3 Å². The summed E-state index contributed by atoms with van der Waals surface area (Å²) < 4.78 is 15.9. The Balaban J connectivity index is 1.23. The van der Waals surface area contributed by atoms with Gasteiger partial charge in [0.2, 0.25) is 5.89 Å². The predicted molar refractivity (Wildman–Crippen MR) is 231 cm³/mol. The summed E-state index contributed by atoms with van der Waals surface area (Å²) in [5, 5.41) is 8.99. The SMILES string of the molecule is c1ccc(-n2c3ccccc3c3c(N(c4cccc5nc(-c6ccc7ccccc7c6)oc45)c4cccc5oc6ccccc6c45)cc4ccccc4c32)cc1. The van der Waals surface area contributed by atoms with E-state index in [1.165, 1.54) is 10.8 Å². The lowest BCUT2D eigenvalue weighted by atomic mass is 10.0. The van der Waals surface area contributed by atoms with E-state index < -0.39 is 0 Å². The summed E-state index contributed by atoms with van der Waals surface area (Å²) >= 11 is 0. The van der Waals surface area contributed by atoms with Crippen LogP contribution in [0.4, 0.5) is 17.1 Å². The third kappa shape index (κ3) is 4.52. The van der Waals surface area contributed by atoms with E-state index in [9.17, 15) is 0 Å². The van der Waals surface area contributed by atoms with Crippen LogP contribution in [0, 0.1) is 0 Å². The van der Waals surface area contributed by atoms with Crippen LogP contribution in [0.3, 0.4) is 0 Å². The summed E-state index contributed by atoms with van der Waals surface area (Å²) in [7, 11) is 0. The Morgan fingerprint density at radius 1 is 0.446 bits per heavy atom. The molecule has 0 bridgehead atoms. The zero-order chi connectivity index (χ0) is 36.7. The van der Waals surface area contributed by atoms with Crippen LogP contribution in [-0.2, 0) is 0 Å². The van der Waals surface area contributed by atoms with Crippen molar-refractivity contribution in [3.63, 3.8) is 0 Å². The number of hydrogen-bond donors (Lipinski definition) is 0. The highest BCUT2D eigenvalue weighted by Gasteiger charge is 2.28. The van der Waals surface area contributed by atoms with Crippen LogP contribution in [0.15, 0.2) is 197 Å². The van der Waals surface area contributed by atoms with Crippen molar-refractivity contribution in [3.05, 3.63) is 188 Å². The number of para-hydroxylation sites is 4. The minimum absolute atomic E-state index is 0.578. The van der Waals surface area contributed by atoms with Gasteiger partial charge >= 0.3 is 0 Å². The summed E-state index contributed by atoms with van der Waals surface area (Å²) in [4.78, 5) is 7.49. The molecule has 3 aromatic heterocycles. The number of anilines is 3. The molecular weight excluding hydrogens is 687 g/mol. The third-order valence-corrected chi connectivity index (χ3v) is 11.1. The van der Waals surface area contributed by atoms with Gasteiger partial charge in [0.25, 0.3) is 0 Å². The van der Waals surface area contributed by atoms with Crippen LogP contribution in [0.5, 0.6) is 0 Å². The van der Waals surface area contributed by atoms with E-state index in [0.717, 1.165) is 88.3 Å². The van der Waals surface area contributed by atoms with Crippen LogP contribution < -0.4 is 4.90 Å². The zero-order valence-electron chi connectivity index (χ0n) is 30.1. The van der Waals surface area contributed by atoms with Crippen LogP contribution in [0.1, 0.15) is 0 Å². The Kier molecular flexibility index (Phi) is 6.56. The largest absolute Gasteiger partial charge is 0.456 e. The number of oxazole rings is 1. The first kappa shape index (κ1) is 30.8. The Bertz CT molecular complexity index is 3500. The molecule has 5 nitrogen and oxygen atoms in total. The van der Waals surface area contributed by atoms with Crippen LogP contribution in [0.25, 0.3) is 93.5 Å². The minimum atomic E-state index is 0.578. The number of fused-ring (bicyclic) bond motifs is 10. The van der Waals surface area contributed by atoms with Gasteiger partial charge < -0.3 is 18.3 Å². The fourth-order valence-electron chi connectivity index (χ4n) is 8.72. The van der Waals surface area contributed by atoms with Gasteiger partial charge in [0.15, 0.2) is 5.58 Å². The number of furan rings is 1. The molecule has 5 heteroatoms. The first-order valence-corrected chi connectivity index (χ1v) is 18.9. The molecule has 0 aliphatic rings. The molecule has 56 heavy (non-hydrogen) atoms. The Morgan fingerprint density at radius 3 is 2.04 bits per heavy atom. The minimum Gasteiger partial charge on any atom is -0.456 e. The predicted octanol–water partition coefficient (Wildman–Crippen LogP) is 14.3. The number of hydrogen-bond acceptors (Lipinski definition) is 4. The van der Waals surface area contributed by atoms with Crippen LogP contribution >= 0.6 is 0 Å². The maximum absolute atomic E-state index is 6.92. The van der Waals surface area contributed by atoms with Crippen molar-refractivity contribution in [3.8, 4) is 17.1 Å². The zero-order valence-corrected chi connectivity index (χ0v) is 30.1. The van der Waals surface area contributed by atoms with Gasteiger partial charge in [0.1, 0.15) is 16.7 Å². The van der Waals surface area contributed by atoms with Gasteiger partial charge in [-0.05, 0) is 82.9 Å². The molecular formula is C51H31N3O2. The second-order valence-corrected chi connectivity index (χ2v) is 14.3. The quantitative estimate of drug-likeness (QED) is 0.178. The average molecular weight is 718 g/mol. The fraction of sp³-hybridized carbons (Fsp3) is 0. The molecule has 0 fully saturated rings. The smallest absolute Gasteiger partial charge is 0.227 e. The molecule has 12 aromatic rings. The lowest BCUT2D eigenvalue weighted by Crippen LogP contribution is -2.11. The monoisotopic (exact) mass is 717 g/mol. The summed E-state index contributed by atoms with van der Waals surface area (Å²) in [6.07, 6.45) is 0. The number of nitrogens with zero attached hydrogens (tertiary/aromatic N) is 3. The van der Waals surface area contributed by atoms with E-state index >= 15 is 0 Å². The van der Waals surface area contributed by atoms with Gasteiger partial charge in [-0.1, -0.05) is 121 Å². The summed E-state index contributed by atoms with van der Waals surface area (Å²) in [6, 6.07) is 66.1. The molecule has 0 atom stereocenters. The Labute approximate surface area is 320 Å². The molecule has 0 spiro atoms. The van der Waals surface area contributed by atoms with E-state index in [1.54, 1.807) is 0 Å². The highest BCUT2D eigenvalue weighted by molar-refractivity contribution is 6.26. The molecule has 0 unspecified atom stereocenters. The van der Waals surface area contributed by atoms with Crippen molar-refractivity contribution >= 4 is 93.5 Å². The van der Waals surface area contributed by atoms with Gasteiger partial charge in [0.05, 0.1) is 33.5 Å². The molecule has 0 saturated heterocycles. The maximum atomic E-state index is 6.92. The second-order valence-electron chi connectivity index (χ2n) is 14.3. The van der Waals surface area contributed by atoms with Gasteiger partial charge in [0, 0.05) is 32.8 Å². The first-order chi connectivity index (χ1) is 27.8. The average Bonchev–Trinajstić information content (AvgIpc) is 3.97. The standard InChI is InChI=1S/C51H31N3O2/c1-2-17-36(18-3-1)53-41-23-10-8-20-38(41)48-44(31-34-16-6-7-19-37(34)49(48)53)54(42-24-13-27-46-47(42)39-21-9-11-26-45(39)55-46)43-25-12-22-40-50(43)56-51(52-40)35-29-28-32-14-4-5-15-33(32)30-35/h1-31H. The third-order valence-electron chi connectivity index (χ3n) is 11.1. The van der Waals surface area contributed by atoms with E-state index in [1.807, 2.05) is 18.2 Å². The highest BCUT2D eigenvalue weighted by atomic mass is 16.3. The molecule has 3 heterocycles. The molecule has 0 saturated carbocycles. The van der Waals surface area contributed by atoms with Crippen molar-refractivity contribution in [2.24, 2.45) is 0 Å². The lowest BCUT2D eigenvalue weighted by molar-refractivity contribution is 0.620. The molecule has 0 aliphatic heterocycles. The van der Waals surface area contributed by atoms with Crippen molar-refractivity contribution in [1.29, 1.82) is 0 Å². The molecule has 0 N–H and O–H groups in total. The Morgan fingerprint density at radius 2 is 1.14 bits per heavy atom. The highest BCUT2D eigenvalue weighted by Crippen LogP contribution is 2.51. The Hall–Kier alpha value is -7.63. The van der Waals surface area contributed by atoms with Crippen molar-refractivity contribution < 1.29 is 8.83 Å². The molecule has 0 amide bonds. The number of benzene rings is 9. The summed E-state index contributed by atoms with van der Waals surface area (Å²) in [5.74, 6) is 0.578. The number of rotatable bonds is 5. The van der Waals surface area contributed by atoms with Gasteiger partial charge in [-0.2, -0.15) is 0 Å². The molecule has 0 radical (unpaired) electrons. The molecule has 262 valence electrons. The van der Waals surface area contributed by atoms with Crippen molar-refractivity contribution in [2.75, 3.05) is 4.90 Å². The van der Waals surface area contributed by atoms with Crippen molar-refractivity contribution in [2.45, 2.75) is 0 Å². The molecule has 9 aromatic carbocycles. The van der Waals surface area contributed by atoms with E-state index in [4.69, 9.17) is 13.8 Å². The maximum Gasteiger partial charge on any atom is 0.227 e.